The second-order valence-electron chi connectivity index (χ2n) is 7.35. The minimum atomic E-state index is -2.93. The van der Waals surface area contributed by atoms with Crippen molar-refractivity contribution in [2.45, 2.75) is 38.2 Å². The molecule has 2 fully saturated rings. The zero-order valence-electron chi connectivity index (χ0n) is 14.5. The number of likely N-dealkylation sites (tertiary alicyclic amines) is 1. The van der Waals surface area contributed by atoms with Gasteiger partial charge in [-0.15, -0.1) is 0 Å². The van der Waals surface area contributed by atoms with Crippen LogP contribution in [0.5, 0.6) is 0 Å². The highest BCUT2D eigenvalue weighted by Crippen LogP contribution is 2.27. The quantitative estimate of drug-likeness (QED) is 0.880. The largest absolute Gasteiger partial charge is 0.392 e. The maximum absolute atomic E-state index is 12.6. The molecule has 0 saturated carbocycles. The average molecular weight is 365 g/mol. The van der Waals surface area contributed by atoms with Gasteiger partial charge in [0.25, 0.3) is 0 Å². The lowest BCUT2D eigenvalue weighted by Gasteiger charge is -2.36. The second kappa shape index (κ2) is 7.87. The Morgan fingerprint density at radius 2 is 1.68 bits per heavy atom. The molecule has 1 amide bonds. The molecule has 2 heterocycles. The summed E-state index contributed by atoms with van der Waals surface area (Å²) in [4.78, 5) is 14.5. The highest BCUT2D eigenvalue weighted by Gasteiger charge is 2.34. The minimum absolute atomic E-state index is 0.103. The predicted molar refractivity (Wildman–Crippen MR) is 96.8 cm³/mol. The standard InChI is InChI=1S/C19H27NO4S/c21-18(14-15-4-2-1-3-5-15)16-6-10-20(11-7-16)19(22)17-8-12-25(23,24)13-9-17/h1-5,16-18,21H,6-14H2/t18-/m1/s1. The Labute approximate surface area is 150 Å². The van der Waals surface area contributed by atoms with Gasteiger partial charge in [-0.05, 0) is 43.6 Å². The molecule has 0 spiro atoms. The zero-order valence-corrected chi connectivity index (χ0v) is 15.3. The van der Waals surface area contributed by atoms with Crippen molar-refractivity contribution < 1.29 is 18.3 Å². The molecular weight excluding hydrogens is 338 g/mol. The first-order valence-electron chi connectivity index (χ1n) is 9.16. The fraction of sp³-hybridized carbons (Fsp3) is 0.632. The van der Waals surface area contributed by atoms with Gasteiger partial charge >= 0.3 is 0 Å². The predicted octanol–water partition coefficient (Wildman–Crippen LogP) is 1.65. The van der Waals surface area contributed by atoms with Gasteiger partial charge in [0.1, 0.15) is 9.84 Å². The van der Waals surface area contributed by atoms with Crippen molar-refractivity contribution in [2.24, 2.45) is 11.8 Å². The summed E-state index contributed by atoms with van der Waals surface area (Å²) in [5.41, 5.74) is 1.14. The number of carbonyl (C=O) groups excluding carboxylic acids is 1. The van der Waals surface area contributed by atoms with Crippen molar-refractivity contribution in [3.8, 4) is 0 Å². The molecule has 0 aliphatic carbocycles. The first-order valence-corrected chi connectivity index (χ1v) is 11.0. The highest BCUT2D eigenvalue weighted by atomic mass is 32.2. The molecule has 5 nitrogen and oxygen atoms in total. The number of rotatable bonds is 4. The number of nitrogens with zero attached hydrogens (tertiary/aromatic N) is 1. The summed E-state index contributed by atoms with van der Waals surface area (Å²) < 4.78 is 23.0. The Balaban J connectivity index is 1.47. The van der Waals surface area contributed by atoms with Crippen molar-refractivity contribution in [1.82, 2.24) is 4.90 Å². The number of benzene rings is 1. The van der Waals surface area contributed by atoms with Gasteiger partial charge in [0, 0.05) is 19.0 Å². The van der Waals surface area contributed by atoms with Crippen LogP contribution in [0.4, 0.5) is 0 Å². The van der Waals surface area contributed by atoms with Crippen LogP contribution in [0.2, 0.25) is 0 Å². The second-order valence-corrected chi connectivity index (χ2v) is 9.65. The van der Waals surface area contributed by atoms with Crippen molar-refractivity contribution in [3.05, 3.63) is 35.9 Å². The molecule has 1 atom stereocenters. The zero-order chi connectivity index (χ0) is 17.9. The number of aliphatic hydroxyl groups is 1. The normalized spacial score (nSPS) is 23.3. The van der Waals surface area contributed by atoms with E-state index in [4.69, 9.17) is 0 Å². The molecule has 0 radical (unpaired) electrons. The molecule has 6 heteroatoms. The lowest BCUT2D eigenvalue weighted by Crippen LogP contribution is -2.45. The number of piperidine rings is 1. The monoisotopic (exact) mass is 365 g/mol. The topological polar surface area (TPSA) is 74.7 Å². The minimum Gasteiger partial charge on any atom is -0.392 e. The van der Waals surface area contributed by atoms with Crippen LogP contribution < -0.4 is 0 Å². The van der Waals surface area contributed by atoms with Crippen LogP contribution in [0.3, 0.4) is 0 Å². The van der Waals surface area contributed by atoms with Crippen LogP contribution >= 0.6 is 0 Å². The maximum Gasteiger partial charge on any atom is 0.225 e. The van der Waals surface area contributed by atoms with Crippen LogP contribution in [0.15, 0.2) is 30.3 Å². The molecule has 1 aromatic carbocycles. The van der Waals surface area contributed by atoms with E-state index in [1.807, 2.05) is 35.2 Å². The molecule has 2 saturated heterocycles. The van der Waals surface area contributed by atoms with E-state index in [1.54, 1.807) is 0 Å². The molecule has 138 valence electrons. The van der Waals surface area contributed by atoms with Crippen molar-refractivity contribution in [3.63, 3.8) is 0 Å². The summed E-state index contributed by atoms with van der Waals surface area (Å²) in [6.45, 7) is 1.33. The molecule has 25 heavy (non-hydrogen) atoms. The van der Waals surface area contributed by atoms with Crippen molar-refractivity contribution in [2.75, 3.05) is 24.6 Å². The van der Waals surface area contributed by atoms with Crippen LogP contribution in [0.1, 0.15) is 31.2 Å². The van der Waals surface area contributed by atoms with Gasteiger partial charge in [-0.1, -0.05) is 30.3 Å². The van der Waals surface area contributed by atoms with Gasteiger partial charge in [-0.3, -0.25) is 4.79 Å². The third-order valence-electron chi connectivity index (χ3n) is 5.59. The molecule has 2 aliphatic rings. The number of sulfone groups is 1. The fourth-order valence-corrected chi connectivity index (χ4v) is 5.41. The van der Waals surface area contributed by atoms with Gasteiger partial charge in [0.2, 0.25) is 5.91 Å². The van der Waals surface area contributed by atoms with Gasteiger partial charge in [0.15, 0.2) is 0 Å². The average Bonchev–Trinajstić information content (AvgIpc) is 2.62. The van der Waals surface area contributed by atoms with Crippen molar-refractivity contribution >= 4 is 15.7 Å². The summed E-state index contributed by atoms with van der Waals surface area (Å²) in [5, 5.41) is 10.5. The molecule has 1 N–H and O–H groups in total. The summed E-state index contributed by atoms with van der Waals surface area (Å²) in [7, 11) is -2.93. The van der Waals surface area contributed by atoms with E-state index in [0.717, 1.165) is 18.4 Å². The number of aliphatic hydroxyl groups excluding tert-OH is 1. The Hall–Kier alpha value is -1.40. The Morgan fingerprint density at radius 3 is 2.28 bits per heavy atom. The van der Waals surface area contributed by atoms with E-state index in [1.165, 1.54) is 0 Å². The smallest absolute Gasteiger partial charge is 0.225 e. The molecule has 0 bridgehead atoms. The number of hydrogen-bond donors (Lipinski definition) is 1. The van der Waals surface area contributed by atoms with Crippen LogP contribution in [0.25, 0.3) is 0 Å². The molecule has 0 aromatic heterocycles. The van der Waals surface area contributed by atoms with Crippen molar-refractivity contribution in [1.29, 1.82) is 0 Å². The lowest BCUT2D eigenvalue weighted by molar-refractivity contribution is -0.137. The fourth-order valence-electron chi connectivity index (χ4n) is 3.92. The molecule has 0 unspecified atom stereocenters. The van der Waals surface area contributed by atoms with E-state index in [-0.39, 0.29) is 35.4 Å². The third kappa shape index (κ3) is 4.82. The Morgan fingerprint density at radius 1 is 1.08 bits per heavy atom. The summed E-state index contributed by atoms with van der Waals surface area (Å²) in [6, 6.07) is 9.98. The molecule has 1 aromatic rings. The van der Waals surface area contributed by atoms with E-state index in [0.29, 0.717) is 32.4 Å². The Kier molecular flexibility index (Phi) is 5.79. The van der Waals surface area contributed by atoms with E-state index >= 15 is 0 Å². The number of hydrogen-bond acceptors (Lipinski definition) is 4. The molecule has 3 rings (SSSR count). The lowest BCUT2D eigenvalue weighted by atomic mass is 9.87. The molecule has 2 aliphatic heterocycles. The van der Waals surface area contributed by atoms with E-state index in [2.05, 4.69) is 0 Å². The van der Waals surface area contributed by atoms with Crippen LogP contribution in [-0.4, -0.2) is 55.0 Å². The van der Waals surface area contributed by atoms with Gasteiger partial charge < -0.3 is 10.0 Å². The summed E-state index contributed by atoms with van der Waals surface area (Å²) in [6.07, 6.45) is 2.81. The number of amides is 1. The third-order valence-corrected chi connectivity index (χ3v) is 7.30. The first kappa shape index (κ1) is 18.4. The Bertz CT molecular complexity index is 667. The van der Waals surface area contributed by atoms with Crippen LogP contribution in [0, 0.1) is 11.8 Å². The molecular formula is C19H27NO4S. The summed E-state index contributed by atoms with van der Waals surface area (Å²) >= 11 is 0. The van der Waals surface area contributed by atoms with Gasteiger partial charge in [-0.2, -0.15) is 0 Å². The van der Waals surface area contributed by atoms with Crippen LogP contribution in [-0.2, 0) is 21.1 Å². The van der Waals surface area contributed by atoms with E-state index in [9.17, 15) is 18.3 Å². The SMILES string of the molecule is O=C(C1CCS(=O)(=O)CC1)N1CCC([C@H](O)Cc2ccccc2)CC1. The maximum atomic E-state index is 12.6. The first-order chi connectivity index (χ1) is 11.9. The summed E-state index contributed by atoms with van der Waals surface area (Å²) in [5.74, 6) is 0.446. The van der Waals surface area contributed by atoms with Gasteiger partial charge in [-0.25, -0.2) is 8.42 Å². The number of carbonyl (C=O) groups is 1. The van der Waals surface area contributed by atoms with E-state index < -0.39 is 9.84 Å². The van der Waals surface area contributed by atoms with Gasteiger partial charge in [0.05, 0.1) is 17.6 Å². The highest BCUT2D eigenvalue weighted by molar-refractivity contribution is 7.91.